The Morgan fingerprint density at radius 1 is 1.21 bits per heavy atom. The zero-order chi connectivity index (χ0) is 13.6. The van der Waals surface area contributed by atoms with Crippen LogP contribution in [0.15, 0.2) is 23.6 Å². The van der Waals surface area contributed by atoms with Gasteiger partial charge in [0.05, 0.1) is 10.1 Å². The first-order valence-corrected chi connectivity index (χ1v) is 6.41. The molecular formula is C12H5ClF2N2OS. The monoisotopic (exact) mass is 298 g/mol. The van der Waals surface area contributed by atoms with Gasteiger partial charge in [0.2, 0.25) is 0 Å². The molecule has 0 spiro atoms. The maximum atomic E-state index is 13.6. The Kier molecular flexibility index (Phi) is 2.83. The van der Waals surface area contributed by atoms with Crippen LogP contribution in [-0.2, 0) is 0 Å². The van der Waals surface area contributed by atoms with Crippen LogP contribution in [0.25, 0.3) is 21.3 Å². The summed E-state index contributed by atoms with van der Waals surface area (Å²) in [6, 6.07) is 3.50. The molecule has 2 aromatic heterocycles. The van der Waals surface area contributed by atoms with Gasteiger partial charge in [-0.1, -0.05) is 11.6 Å². The standard InChI is InChI=1S/C12H5ClF2N2OS/c13-12-9-7(15)4-19-11(9)10(16-17-12)6-2-1-5(14)3-8(6)18/h1-4,18H. The third-order valence-electron chi connectivity index (χ3n) is 2.62. The molecule has 1 N–H and O–H groups in total. The van der Waals surface area contributed by atoms with Crippen molar-refractivity contribution in [2.75, 3.05) is 0 Å². The van der Waals surface area contributed by atoms with Crippen molar-refractivity contribution in [1.82, 2.24) is 10.2 Å². The van der Waals surface area contributed by atoms with Crippen LogP contribution in [0.5, 0.6) is 5.75 Å². The lowest BCUT2D eigenvalue weighted by molar-refractivity contribution is 0.471. The highest BCUT2D eigenvalue weighted by atomic mass is 35.5. The average molecular weight is 299 g/mol. The minimum atomic E-state index is -0.572. The maximum absolute atomic E-state index is 13.6. The largest absolute Gasteiger partial charge is 0.507 e. The summed E-state index contributed by atoms with van der Waals surface area (Å²) in [6.07, 6.45) is 0. The number of phenolic OH excluding ortho intramolecular Hbond substituents is 1. The molecule has 96 valence electrons. The summed E-state index contributed by atoms with van der Waals surface area (Å²) >= 11 is 6.89. The van der Waals surface area contributed by atoms with Crippen LogP contribution in [0.1, 0.15) is 0 Å². The van der Waals surface area contributed by atoms with Crippen molar-refractivity contribution in [2.45, 2.75) is 0 Å². The lowest BCUT2D eigenvalue weighted by Gasteiger charge is -2.05. The predicted octanol–water partition coefficient (Wildman–Crippen LogP) is 4.00. The minimum Gasteiger partial charge on any atom is -0.507 e. The van der Waals surface area contributed by atoms with E-state index in [2.05, 4.69) is 10.2 Å². The number of rotatable bonds is 1. The van der Waals surface area contributed by atoms with E-state index in [0.717, 1.165) is 17.4 Å². The van der Waals surface area contributed by atoms with Gasteiger partial charge in [-0.2, -0.15) is 0 Å². The zero-order valence-electron chi connectivity index (χ0n) is 9.19. The topological polar surface area (TPSA) is 46.0 Å². The number of aromatic hydroxyl groups is 1. The Labute approximate surface area is 115 Å². The SMILES string of the molecule is Oc1cc(F)ccc1-c1nnc(Cl)c2c(F)csc12. The molecule has 1 aromatic carbocycles. The summed E-state index contributed by atoms with van der Waals surface area (Å²) in [7, 11) is 0. The van der Waals surface area contributed by atoms with Gasteiger partial charge in [0.25, 0.3) is 0 Å². The van der Waals surface area contributed by atoms with Gasteiger partial charge in [0.15, 0.2) is 5.15 Å². The Hall–Kier alpha value is -1.79. The van der Waals surface area contributed by atoms with E-state index >= 15 is 0 Å². The Morgan fingerprint density at radius 2 is 2.00 bits per heavy atom. The first-order valence-electron chi connectivity index (χ1n) is 5.15. The van der Waals surface area contributed by atoms with Crippen LogP contribution < -0.4 is 0 Å². The van der Waals surface area contributed by atoms with Crippen LogP contribution in [0.2, 0.25) is 5.15 Å². The highest BCUT2D eigenvalue weighted by molar-refractivity contribution is 7.17. The summed E-state index contributed by atoms with van der Waals surface area (Å²) in [4.78, 5) is 0. The van der Waals surface area contributed by atoms with E-state index in [4.69, 9.17) is 11.6 Å². The normalized spacial score (nSPS) is 11.1. The number of hydrogen-bond acceptors (Lipinski definition) is 4. The van der Waals surface area contributed by atoms with E-state index in [9.17, 15) is 13.9 Å². The van der Waals surface area contributed by atoms with Gasteiger partial charge in [0.1, 0.15) is 23.1 Å². The Balaban J connectivity index is 2.34. The molecule has 0 aliphatic heterocycles. The molecule has 2 heterocycles. The van der Waals surface area contributed by atoms with Crippen molar-refractivity contribution < 1.29 is 13.9 Å². The molecule has 0 unspecified atom stereocenters. The van der Waals surface area contributed by atoms with E-state index in [-0.39, 0.29) is 27.5 Å². The lowest BCUT2D eigenvalue weighted by Crippen LogP contribution is -1.91. The molecule has 0 amide bonds. The van der Waals surface area contributed by atoms with E-state index in [0.29, 0.717) is 4.70 Å². The molecule has 7 heteroatoms. The number of phenols is 1. The average Bonchev–Trinajstić information content (AvgIpc) is 2.74. The van der Waals surface area contributed by atoms with Gasteiger partial charge in [-0.25, -0.2) is 8.78 Å². The minimum absolute atomic E-state index is 0.0425. The van der Waals surface area contributed by atoms with E-state index in [1.165, 1.54) is 17.5 Å². The van der Waals surface area contributed by atoms with Gasteiger partial charge in [0, 0.05) is 17.0 Å². The van der Waals surface area contributed by atoms with Crippen molar-refractivity contribution >= 4 is 33.0 Å². The van der Waals surface area contributed by atoms with Crippen molar-refractivity contribution in [3.8, 4) is 17.0 Å². The van der Waals surface area contributed by atoms with Gasteiger partial charge in [-0.15, -0.1) is 21.5 Å². The Bertz CT molecular complexity index is 791. The number of benzene rings is 1. The van der Waals surface area contributed by atoms with Crippen LogP contribution in [-0.4, -0.2) is 15.3 Å². The van der Waals surface area contributed by atoms with Gasteiger partial charge >= 0.3 is 0 Å². The second-order valence-corrected chi connectivity index (χ2v) is 5.03. The van der Waals surface area contributed by atoms with Crippen molar-refractivity contribution in [2.24, 2.45) is 0 Å². The molecule has 0 fully saturated rings. The zero-order valence-corrected chi connectivity index (χ0v) is 10.8. The maximum Gasteiger partial charge on any atom is 0.163 e. The van der Waals surface area contributed by atoms with Crippen LogP contribution >= 0.6 is 22.9 Å². The highest BCUT2D eigenvalue weighted by Crippen LogP contribution is 2.38. The van der Waals surface area contributed by atoms with Crippen molar-refractivity contribution in [3.63, 3.8) is 0 Å². The summed E-state index contributed by atoms with van der Waals surface area (Å²) in [6.45, 7) is 0. The second-order valence-electron chi connectivity index (χ2n) is 3.79. The number of aromatic nitrogens is 2. The number of hydrogen-bond donors (Lipinski definition) is 1. The van der Waals surface area contributed by atoms with E-state index in [1.807, 2.05) is 0 Å². The molecule has 3 nitrogen and oxygen atoms in total. The van der Waals surface area contributed by atoms with Crippen LogP contribution in [0.4, 0.5) is 8.78 Å². The lowest BCUT2D eigenvalue weighted by atomic mass is 10.1. The smallest absolute Gasteiger partial charge is 0.163 e. The summed E-state index contributed by atoms with van der Waals surface area (Å²) in [5, 5.41) is 18.7. The van der Waals surface area contributed by atoms with Gasteiger partial charge in [-0.3, -0.25) is 0 Å². The van der Waals surface area contributed by atoms with Crippen LogP contribution in [0.3, 0.4) is 0 Å². The fourth-order valence-corrected chi connectivity index (χ4v) is 2.97. The fourth-order valence-electron chi connectivity index (χ4n) is 1.77. The first-order chi connectivity index (χ1) is 9.08. The van der Waals surface area contributed by atoms with E-state index in [1.54, 1.807) is 0 Å². The van der Waals surface area contributed by atoms with E-state index < -0.39 is 11.6 Å². The van der Waals surface area contributed by atoms with Crippen molar-refractivity contribution in [3.05, 3.63) is 40.4 Å². The molecule has 0 saturated carbocycles. The summed E-state index contributed by atoms with van der Waals surface area (Å²) in [5.41, 5.74) is 0.545. The molecule has 0 bridgehead atoms. The first kappa shape index (κ1) is 12.3. The quantitative estimate of drug-likeness (QED) is 0.738. The van der Waals surface area contributed by atoms with Gasteiger partial charge < -0.3 is 5.11 Å². The number of thiophene rings is 1. The second kappa shape index (κ2) is 4.40. The van der Waals surface area contributed by atoms with Crippen molar-refractivity contribution in [1.29, 1.82) is 0 Å². The number of halogens is 3. The molecule has 0 aliphatic carbocycles. The Morgan fingerprint density at radius 3 is 2.74 bits per heavy atom. The number of nitrogens with zero attached hydrogens (tertiary/aromatic N) is 2. The molecule has 0 aliphatic rings. The summed E-state index contributed by atoms with van der Waals surface area (Å²) < 4.78 is 27.0. The van der Waals surface area contributed by atoms with Crippen LogP contribution in [0, 0.1) is 11.6 Å². The fraction of sp³-hybridized carbons (Fsp3) is 0. The molecular weight excluding hydrogens is 294 g/mol. The molecule has 0 atom stereocenters. The third-order valence-corrected chi connectivity index (χ3v) is 3.84. The predicted molar refractivity (Wildman–Crippen MR) is 69.4 cm³/mol. The number of fused-ring (bicyclic) bond motifs is 1. The molecule has 0 saturated heterocycles. The third kappa shape index (κ3) is 1.93. The molecule has 19 heavy (non-hydrogen) atoms. The molecule has 0 radical (unpaired) electrons. The van der Waals surface area contributed by atoms with Gasteiger partial charge in [-0.05, 0) is 12.1 Å². The molecule has 3 aromatic rings. The molecule has 3 rings (SSSR count). The highest BCUT2D eigenvalue weighted by Gasteiger charge is 2.17. The summed E-state index contributed by atoms with van der Waals surface area (Å²) in [5.74, 6) is -1.36.